The topological polar surface area (TPSA) is 104 Å². The highest BCUT2D eigenvalue weighted by Gasteiger charge is 2.40. The average Bonchev–Trinajstić information content (AvgIpc) is 3.85. The SMILES string of the molecule is N#CC1CCCN1C(=O)CN1C(=O)CC(Oc2ccc3nn(C(c4ccccc4)(c4ccccc4)c4ccccc4)cc3n2)CCc2c(F)cccc21. The largest absolute Gasteiger partial charge is 0.474 e. The second-order valence-corrected chi connectivity index (χ2v) is 13.5. The third-order valence-electron chi connectivity index (χ3n) is 10.4. The first-order chi connectivity index (χ1) is 25.9. The summed E-state index contributed by atoms with van der Waals surface area (Å²) in [6.07, 6.45) is 3.22. The predicted octanol–water partition coefficient (Wildman–Crippen LogP) is 7.04. The van der Waals surface area contributed by atoms with Gasteiger partial charge in [-0.05, 0) is 60.6 Å². The maximum absolute atomic E-state index is 15.3. The predicted molar refractivity (Wildman–Crippen MR) is 199 cm³/mol. The van der Waals surface area contributed by atoms with Crippen LogP contribution in [0.1, 0.15) is 47.9 Å². The number of pyridine rings is 1. The molecule has 0 saturated carbocycles. The van der Waals surface area contributed by atoms with Crippen LogP contribution in [0, 0.1) is 17.1 Å². The van der Waals surface area contributed by atoms with E-state index in [0.717, 1.165) is 23.1 Å². The van der Waals surface area contributed by atoms with E-state index in [2.05, 4.69) is 42.5 Å². The fourth-order valence-electron chi connectivity index (χ4n) is 7.83. The van der Waals surface area contributed by atoms with Gasteiger partial charge >= 0.3 is 0 Å². The molecule has 0 N–H and O–H groups in total. The third-order valence-corrected chi connectivity index (χ3v) is 10.4. The van der Waals surface area contributed by atoms with E-state index in [4.69, 9.17) is 14.8 Å². The van der Waals surface area contributed by atoms with Crippen molar-refractivity contribution in [2.45, 2.75) is 49.8 Å². The minimum Gasteiger partial charge on any atom is -0.474 e. The Morgan fingerprint density at radius 1 is 0.849 bits per heavy atom. The minimum atomic E-state index is -0.821. The second-order valence-electron chi connectivity index (χ2n) is 13.5. The summed E-state index contributed by atoms with van der Waals surface area (Å²) in [5, 5.41) is 14.7. The smallest absolute Gasteiger partial charge is 0.243 e. The number of rotatable bonds is 8. The number of halogens is 1. The van der Waals surface area contributed by atoms with Crippen molar-refractivity contribution in [2.24, 2.45) is 0 Å². The van der Waals surface area contributed by atoms with Crippen LogP contribution in [0.4, 0.5) is 10.1 Å². The molecule has 2 aliphatic heterocycles. The lowest BCUT2D eigenvalue weighted by Crippen LogP contribution is -2.46. The number of carbonyl (C=O) groups is 2. The fourth-order valence-corrected chi connectivity index (χ4v) is 7.83. The lowest BCUT2D eigenvalue weighted by molar-refractivity contribution is -0.131. The van der Waals surface area contributed by atoms with Crippen molar-refractivity contribution in [1.82, 2.24) is 19.7 Å². The number of nitrogens with zero attached hydrogens (tertiary/aromatic N) is 6. The summed E-state index contributed by atoms with van der Waals surface area (Å²) in [4.78, 5) is 35.1. The summed E-state index contributed by atoms with van der Waals surface area (Å²) in [7, 11) is 0. The van der Waals surface area contributed by atoms with Crippen molar-refractivity contribution in [2.75, 3.05) is 18.0 Å². The number of hydrogen-bond donors (Lipinski definition) is 0. The average molecular weight is 705 g/mol. The highest BCUT2D eigenvalue weighted by molar-refractivity contribution is 6.00. The molecule has 0 radical (unpaired) electrons. The van der Waals surface area contributed by atoms with Crippen LogP contribution in [0.3, 0.4) is 0 Å². The Labute approximate surface area is 306 Å². The molecule has 2 atom stereocenters. The van der Waals surface area contributed by atoms with Crippen molar-refractivity contribution in [3.05, 3.63) is 156 Å². The van der Waals surface area contributed by atoms with Gasteiger partial charge in [-0.1, -0.05) is 97.1 Å². The van der Waals surface area contributed by atoms with Crippen molar-refractivity contribution in [1.29, 1.82) is 5.26 Å². The molecule has 1 fully saturated rings. The Balaban J connectivity index is 1.12. The maximum Gasteiger partial charge on any atom is 0.243 e. The molecule has 8 rings (SSSR count). The van der Waals surface area contributed by atoms with Crippen molar-refractivity contribution >= 4 is 28.5 Å². The highest BCUT2D eigenvalue weighted by atomic mass is 19.1. The van der Waals surface area contributed by atoms with E-state index in [9.17, 15) is 14.9 Å². The summed E-state index contributed by atoms with van der Waals surface area (Å²) in [6, 6.07) is 40.6. The van der Waals surface area contributed by atoms with E-state index in [0.29, 0.717) is 54.0 Å². The van der Waals surface area contributed by atoms with Crippen molar-refractivity contribution < 1.29 is 18.7 Å². The lowest BCUT2D eigenvalue weighted by Gasteiger charge is -2.36. The summed E-state index contributed by atoms with van der Waals surface area (Å²) >= 11 is 0. The first-order valence-corrected chi connectivity index (χ1v) is 17.9. The normalized spacial score (nSPS) is 17.5. The van der Waals surface area contributed by atoms with Gasteiger partial charge in [0.2, 0.25) is 17.7 Å². The zero-order valence-electron chi connectivity index (χ0n) is 29.0. The number of carbonyl (C=O) groups excluding carboxylic acids is 2. The van der Waals surface area contributed by atoms with Crippen molar-refractivity contribution in [3.8, 4) is 11.9 Å². The Morgan fingerprint density at radius 3 is 2.15 bits per heavy atom. The van der Waals surface area contributed by atoms with Gasteiger partial charge in [0.25, 0.3) is 0 Å². The summed E-state index contributed by atoms with van der Waals surface area (Å²) in [6.45, 7) is 0.171. The van der Waals surface area contributed by atoms with Gasteiger partial charge in [-0.25, -0.2) is 9.37 Å². The zero-order chi connectivity index (χ0) is 36.4. The molecule has 4 heterocycles. The van der Waals surface area contributed by atoms with Crippen LogP contribution < -0.4 is 9.64 Å². The molecule has 264 valence electrons. The molecule has 0 spiro atoms. The molecule has 0 aliphatic carbocycles. The molecule has 1 saturated heterocycles. The van der Waals surface area contributed by atoms with Crippen LogP contribution in [0.15, 0.2) is 128 Å². The number of fused-ring (bicyclic) bond motifs is 2. The molecule has 53 heavy (non-hydrogen) atoms. The van der Waals surface area contributed by atoms with E-state index >= 15 is 4.39 Å². The van der Waals surface area contributed by atoms with Gasteiger partial charge in [0.15, 0.2) is 0 Å². The number of nitriles is 1. The Bertz CT molecular complexity index is 2210. The molecule has 4 aromatic carbocycles. The molecule has 2 aliphatic rings. The monoisotopic (exact) mass is 704 g/mol. The maximum atomic E-state index is 15.3. The Morgan fingerprint density at radius 2 is 1.51 bits per heavy atom. The first kappa shape index (κ1) is 33.8. The van der Waals surface area contributed by atoms with Gasteiger partial charge in [0.1, 0.15) is 41.1 Å². The van der Waals surface area contributed by atoms with Crippen LogP contribution in [-0.2, 0) is 21.5 Å². The summed E-state index contributed by atoms with van der Waals surface area (Å²) < 4.78 is 23.7. The molecule has 2 amide bonds. The minimum absolute atomic E-state index is 0.0387. The molecule has 0 bridgehead atoms. The first-order valence-electron chi connectivity index (χ1n) is 17.9. The zero-order valence-corrected chi connectivity index (χ0v) is 29.0. The quantitative estimate of drug-likeness (QED) is 0.158. The van der Waals surface area contributed by atoms with E-state index in [1.165, 1.54) is 15.9 Å². The standard InChI is InChI=1S/C43H37FN6O3/c44-36-19-10-20-39-35(36)22-21-34(26-41(51)49(39)29-42(52)48-25-11-18-33(48)27-45)53-40-24-23-37-38(46-40)28-50(47-37)43(30-12-4-1-5-13-30,31-14-6-2-7-15-31)32-16-8-3-9-17-32/h1-10,12-17,19-20,23-24,28,33-34H,11,18,21-22,25-26,29H2. The Hall–Kier alpha value is -6.34. The number of amides is 2. The van der Waals surface area contributed by atoms with Crippen molar-refractivity contribution in [3.63, 3.8) is 0 Å². The molecule has 10 heteroatoms. The van der Waals surface area contributed by atoms with Gasteiger partial charge in [0.05, 0.1) is 24.4 Å². The van der Waals surface area contributed by atoms with Gasteiger partial charge < -0.3 is 14.5 Å². The van der Waals surface area contributed by atoms with Crippen LogP contribution in [-0.4, -0.2) is 56.7 Å². The van der Waals surface area contributed by atoms with Crippen LogP contribution in [0.5, 0.6) is 5.88 Å². The van der Waals surface area contributed by atoms with E-state index < -0.39 is 23.5 Å². The number of aromatic nitrogens is 3. The van der Waals surface area contributed by atoms with Crippen LogP contribution >= 0.6 is 0 Å². The fraction of sp³-hybridized carbons (Fsp3) is 0.233. The molecular formula is C43H37FN6O3. The number of anilines is 1. The Kier molecular flexibility index (Phi) is 9.15. The van der Waals surface area contributed by atoms with Gasteiger partial charge in [-0.15, -0.1) is 0 Å². The highest BCUT2D eigenvalue weighted by Crippen LogP contribution is 2.41. The van der Waals surface area contributed by atoms with Crippen LogP contribution in [0.2, 0.25) is 0 Å². The number of benzene rings is 4. The molecule has 2 unspecified atom stereocenters. The number of likely N-dealkylation sites (tertiary alicyclic amines) is 1. The van der Waals surface area contributed by atoms with Gasteiger partial charge in [0, 0.05) is 18.2 Å². The molecule has 2 aromatic heterocycles. The lowest BCUT2D eigenvalue weighted by atomic mass is 9.77. The van der Waals surface area contributed by atoms with Gasteiger partial charge in [-0.2, -0.15) is 10.4 Å². The van der Waals surface area contributed by atoms with E-state index in [1.54, 1.807) is 18.2 Å². The van der Waals surface area contributed by atoms with E-state index in [-0.39, 0.29) is 24.8 Å². The molecule has 6 aromatic rings. The number of hydrogen-bond acceptors (Lipinski definition) is 6. The summed E-state index contributed by atoms with van der Waals surface area (Å²) in [5.41, 5.74) is 4.25. The van der Waals surface area contributed by atoms with Gasteiger partial charge in [-0.3, -0.25) is 14.3 Å². The molecule has 9 nitrogen and oxygen atoms in total. The van der Waals surface area contributed by atoms with E-state index in [1.807, 2.05) is 71.5 Å². The summed E-state index contributed by atoms with van der Waals surface area (Å²) in [5.74, 6) is -0.840. The second kappa shape index (κ2) is 14.4. The molecular weight excluding hydrogens is 668 g/mol. The van der Waals surface area contributed by atoms with Crippen LogP contribution in [0.25, 0.3) is 11.0 Å². The third kappa shape index (κ3) is 6.29. The number of ether oxygens (including phenoxy) is 1.